The highest BCUT2D eigenvalue weighted by atomic mass is 32.2. The summed E-state index contributed by atoms with van der Waals surface area (Å²) in [6.45, 7) is 0.449. The summed E-state index contributed by atoms with van der Waals surface area (Å²) >= 11 is 1.00. The van der Waals surface area contributed by atoms with Crippen molar-refractivity contribution in [3.8, 4) is 0 Å². The Morgan fingerprint density at radius 3 is 2.37 bits per heavy atom. The van der Waals surface area contributed by atoms with Crippen molar-refractivity contribution in [3.63, 3.8) is 0 Å². The van der Waals surface area contributed by atoms with Crippen molar-refractivity contribution in [3.05, 3.63) is 54.0 Å². The van der Waals surface area contributed by atoms with Crippen LogP contribution in [0.2, 0.25) is 0 Å². The van der Waals surface area contributed by atoms with Gasteiger partial charge in [-0.15, -0.1) is 0 Å². The van der Waals surface area contributed by atoms with Gasteiger partial charge in [0.05, 0.1) is 21.2 Å². The van der Waals surface area contributed by atoms with Crippen LogP contribution in [0, 0.1) is 5.82 Å². The van der Waals surface area contributed by atoms with Crippen LogP contribution in [-0.2, 0) is 21.0 Å². The minimum Gasteiger partial charge on any atom is -0.339 e. The molecular formula is C18H17F4N3O3S2. The molecule has 1 fully saturated rings. The average Bonchev–Trinajstić information content (AvgIpc) is 2.72. The van der Waals surface area contributed by atoms with E-state index in [0.29, 0.717) is 6.20 Å². The average molecular weight is 463 g/mol. The first kappa shape index (κ1) is 22.5. The number of thioether (sulfide) groups is 1. The third-order valence-electron chi connectivity index (χ3n) is 4.43. The lowest BCUT2D eigenvalue weighted by atomic mass is 10.3. The van der Waals surface area contributed by atoms with Crippen LogP contribution in [0.25, 0.3) is 0 Å². The van der Waals surface area contributed by atoms with Gasteiger partial charge < -0.3 is 4.90 Å². The van der Waals surface area contributed by atoms with Crippen molar-refractivity contribution in [2.45, 2.75) is 16.1 Å². The molecule has 0 atom stereocenters. The molecule has 3 rings (SSSR count). The highest BCUT2D eigenvalue weighted by Crippen LogP contribution is 2.29. The molecule has 162 valence electrons. The zero-order valence-corrected chi connectivity index (χ0v) is 17.1. The van der Waals surface area contributed by atoms with Gasteiger partial charge in [0, 0.05) is 32.4 Å². The van der Waals surface area contributed by atoms with Gasteiger partial charge in [0.25, 0.3) is 0 Å². The van der Waals surface area contributed by atoms with E-state index < -0.39 is 27.6 Å². The van der Waals surface area contributed by atoms with E-state index in [1.165, 1.54) is 27.4 Å². The first-order valence-corrected chi connectivity index (χ1v) is 11.2. The molecule has 2 heterocycles. The number of halogens is 4. The fraction of sp³-hybridized carbons (Fsp3) is 0.333. The van der Waals surface area contributed by atoms with Crippen LogP contribution in [0.4, 0.5) is 17.6 Å². The Bertz CT molecular complexity index is 1010. The van der Waals surface area contributed by atoms with Gasteiger partial charge in [-0.05, 0) is 30.3 Å². The van der Waals surface area contributed by atoms with E-state index in [1.54, 1.807) is 0 Å². The van der Waals surface area contributed by atoms with E-state index in [0.717, 1.165) is 30.0 Å². The molecule has 0 spiro atoms. The van der Waals surface area contributed by atoms with Crippen LogP contribution in [0.3, 0.4) is 0 Å². The number of benzene rings is 1. The maximum atomic E-state index is 13.3. The number of rotatable bonds is 5. The van der Waals surface area contributed by atoms with Gasteiger partial charge in [0.2, 0.25) is 15.9 Å². The van der Waals surface area contributed by atoms with E-state index in [4.69, 9.17) is 0 Å². The number of sulfonamides is 1. The Kier molecular flexibility index (Phi) is 6.68. The number of alkyl halides is 3. The zero-order chi connectivity index (χ0) is 21.9. The van der Waals surface area contributed by atoms with Crippen LogP contribution in [0.1, 0.15) is 5.56 Å². The number of hydrogen-bond acceptors (Lipinski definition) is 5. The molecule has 6 nitrogen and oxygen atoms in total. The number of carbonyl (C=O) groups is 1. The van der Waals surface area contributed by atoms with Crippen molar-refractivity contribution in [1.82, 2.24) is 14.2 Å². The molecule has 0 unspecified atom stereocenters. The summed E-state index contributed by atoms with van der Waals surface area (Å²) in [5.74, 6) is -0.960. The van der Waals surface area contributed by atoms with Gasteiger partial charge in [-0.2, -0.15) is 17.5 Å². The highest BCUT2D eigenvalue weighted by Gasteiger charge is 2.31. The summed E-state index contributed by atoms with van der Waals surface area (Å²) < 4.78 is 77.3. The second kappa shape index (κ2) is 8.90. The van der Waals surface area contributed by atoms with Gasteiger partial charge in [-0.1, -0.05) is 17.8 Å². The van der Waals surface area contributed by atoms with Crippen molar-refractivity contribution in [1.29, 1.82) is 0 Å². The number of nitrogens with zero attached hydrogens (tertiary/aromatic N) is 3. The Labute approximate surface area is 174 Å². The smallest absolute Gasteiger partial charge is 0.339 e. The fourth-order valence-electron chi connectivity index (χ4n) is 2.81. The molecule has 1 aliphatic rings. The standard InChI is InChI=1S/C18H17F4N3O3S2/c19-14-2-1-3-15(10-14)30(27,28)25-8-6-24(7-9-25)17(26)12-29-16-5-4-13(11-23-16)18(20,21)22/h1-5,10-11H,6-9,12H2. The van der Waals surface area contributed by atoms with Crippen molar-refractivity contribution >= 4 is 27.7 Å². The minimum atomic E-state index is -4.47. The third-order valence-corrected chi connectivity index (χ3v) is 7.26. The fourth-order valence-corrected chi connectivity index (χ4v) is 5.01. The number of hydrogen-bond donors (Lipinski definition) is 0. The summed E-state index contributed by atoms with van der Waals surface area (Å²) in [6.07, 6.45) is -3.76. The molecule has 1 aromatic carbocycles. The minimum absolute atomic E-state index is 0.0327. The molecule has 1 aromatic heterocycles. The van der Waals surface area contributed by atoms with Gasteiger partial charge in [0.1, 0.15) is 5.82 Å². The molecule has 0 bridgehead atoms. The van der Waals surface area contributed by atoms with E-state index in [9.17, 15) is 30.8 Å². The zero-order valence-electron chi connectivity index (χ0n) is 15.5. The Morgan fingerprint density at radius 2 is 1.80 bits per heavy atom. The lowest BCUT2D eigenvalue weighted by molar-refractivity contribution is -0.138. The predicted octanol–water partition coefficient (Wildman–Crippen LogP) is 2.86. The first-order chi connectivity index (χ1) is 14.1. The second-order valence-electron chi connectivity index (χ2n) is 6.41. The lowest BCUT2D eigenvalue weighted by Gasteiger charge is -2.34. The Balaban J connectivity index is 1.53. The normalized spacial score (nSPS) is 15.9. The third kappa shape index (κ3) is 5.29. The van der Waals surface area contributed by atoms with Crippen LogP contribution < -0.4 is 0 Å². The Morgan fingerprint density at radius 1 is 1.10 bits per heavy atom. The molecule has 1 amide bonds. The number of aromatic nitrogens is 1. The molecular weight excluding hydrogens is 446 g/mol. The van der Waals surface area contributed by atoms with Gasteiger partial charge in [-0.25, -0.2) is 17.8 Å². The van der Waals surface area contributed by atoms with Crippen molar-refractivity contribution in [2.75, 3.05) is 31.9 Å². The maximum absolute atomic E-state index is 13.3. The monoisotopic (exact) mass is 463 g/mol. The van der Waals surface area contributed by atoms with Crippen LogP contribution >= 0.6 is 11.8 Å². The molecule has 12 heteroatoms. The van der Waals surface area contributed by atoms with Gasteiger partial charge in [0.15, 0.2) is 0 Å². The SMILES string of the molecule is O=C(CSc1ccc(C(F)(F)F)cn1)N1CCN(S(=O)(=O)c2cccc(F)c2)CC1. The summed E-state index contributed by atoms with van der Waals surface area (Å²) in [5.41, 5.74) is -0.867. The molecule has 0 radical (unpaired) electrons. The number of pyridine rings is 1. The molecule has 0 saturated carbocycles. The first-order valence-electron chi connectivity index (χ1n) is 8.77. The number of piperazine rings is 1. The van der Waals surface area contributed by atoms with E-state index in [1.807, 2.05) is 0 Å². The maximum Gasteiger partial charge on any atom is 0.417 e. The van der Waals surface area contributed by atoms with E-state index in [2.05, 4.69) is 4.98 Å². The largest absolute Gasteiger partial charge is 0.417 e. The molecule has 0 N–H and O–H groups in total. The highest BCUT2D eigenvalue weighted by molar-refractivity contribution is 7.99. The van der Waals surface area contributed by atoms with Crippen LogP contribution in [0.5, 0.6) is 0 Å². The van der Waals surface area contributed by atoms with Crippen LogP contribution in [0.15, 0.2) is 52.5 Å². The molecule has 0 aliphatic carbocycles. The van der Waals surface area contributed by atoms with Crippen LogP contribution in [-0.4, -0.2) is 60.4 Å². The molecule has 30 heavy (non-hydrogen) atoms. The molecule has 1 aliphatic heterocycles. The van der Waals surface area contributed by atoms with Gasteiger partial charge in [-0.3, -0.25) is 4.79 Å². The summed E-state index contributed by atoms with van der Waals surface area (Å²) in [5, 5.41) is 0.281. The Hall–Kier alpha value is -2.18. The van der Waals surface area contributed by atoms with Crippen molar-refractivity contribution < 1.29 is 30.8 Å². The number of amides is 1. The summed E-state index contributed by atoms with van der Waals surface area (Å²) in [4.78, 5) is 17.4. The summed E-state index contributed by atoms with van der Waals surface area (Å²) in [6, 6.07) is 6.82. The van der Waals surface area contributed by atoms with E-state index >= 15 is 0 Å². The topological polar surface area (TPSA) is 70.6 Å². The molecule has 1 saturated heterocycles. The van der Waals surface area contributed by atoms with E-state index in [-0.39, 0.29) is 47.8 Å². The number of carbonyl (C=O) groups excluding carboxylic acids is 1. The quantitative estimate of drug-likeness (QED) is 0.504. The van der Waals surface area contributed by atoms with Crippen molar-refractivity contribution in [2.24, 2.45) is 0 Å². The lowest BCUT2D eigenvalue weighted by Crippen LogP contribution is -2.50. The van der Waals surface area contributed by atoms with Gasteiger partial charge >= 0.3 is 6.18 Å². The summed E-state index contributed by atoms with van der Waals surface area (Å²) in [7, 11) is -3.86. The second-order valence-corrected chi connectivity index (χ2v) is 9.35. The molecule has 2 aromatic rings. The predicted molar refractivity (Wildman–Crippen MR) is 102 cm³/mol.